The molecular formula is C23H18N3O5S-. The molecule has 162 valence electrons. The molecule has 1 atom stereocenters. The van der Waals surface area contributed by atoms with Crippen LogP contribution < -0.4 is 14.7 Å². The Kier molecular flexibility index (Phi) is 4.54. The Morgan fingerprint density at radius 2 is 1.84 bits per heavy atom. The molecule has 1 amide bonds. The zero-order valence-electron chi connectivity index (χ0n) is 17.0. The molecule has 2 heterocycles. The van der Waals surface area contributed by atoms with Gasteiger partial charge in [0.25, 0.3) is 5.91 Å². The van der Waals surface area contributed by atoms with E-state index in [-0.39, 0.29) is 17.2 Å². The van der Waals surface area contributed by atoms with Gasteiger partial charge < -0.3 is 19.8 Å². The van der Waals surface area contributed by atoms with Crippen LogP contribution in [0.25, 0.3) is 21.7 Å². The third-order valence-corrected chi connectivity index (χ3v) is 7.38. The Morgan fingerprint density at radius 1 is 1.09 bits per heavy atom. The molecule has 0 spiro atoms. The molecule has 1 aromatic heterocycles. The lowest BCUT2D eigenvalue weighted by Gasteiger charge is -2.20. The Hall–Kier alpha value is -3.69. The normalized spacial score (nSPS) is 14.4. The molecule has 8 nitrogen and oxygen atoms in total. The highest BCUT2D eigenvalue weighted by Gasteiger charge is 2.31. The number of nitrogens with one attached hydrogen (secondary N) is 2. The van der Waals surface area contributed by atoms with Crippen LogP contribution in [-0.4, -0.2) is 38.4 Å². The molecule has 1 aliphatic rings. The van der Waals surface area contributed by atoms with Gasteiger partial charge in [0.2, 0.25) is 10.0 Å². The maximum Gasteiger partial charge on any atom is 0.258 e. The van der Waals surface area contributed by atoms with Crippen LogP contribution >= 0.6 is 0 Å². The van der Waals surface area contributed by atoms with Crippen molar-refractivity contribution < 1.29 is 23.1 Å². The Bertz CT molecular complexity index is 1520. The second-order valence-corrected chi connectivity index (χ2v) is 9.41. The SMILES string of the molecule is CN1C(=O)c2cccc3c(S(=O)(=O)N[C@@H](Cc4c[nH]c5ccccc45)C(=O)[O-])ccc1c23. The minimum atomic E-state index is -4.24. The van der Waals surface area contributed by atoms with Gasteiger partial charge in [-0.15, -0.1) is 0 Å². The molecule has 4 aromatic rings. The van der Waals surface area contributed by atoms with Crippen LogP contribution in [0.4, 0.5) is 5.69 Å². The smallest absolute Gasteiger partial charge is 0.258 e. The summed E-state index contributed by atoms with van der Waals surface area (Å²) in [6, 6.07) is 13.7. The fourth-order valence-electron chi connectivity index (χ4n) is 4.29. The van der Waals surface area contributed by atoms with E-state index in [9.17, 15) is 23.1 Å². The predicted octanol–water partition coefficient (Wildman–Crippen LogP) is 1.55. The fourth-order valence-corrected chi connectivity index (χ4v) is 5.68. The molecule has 0 unspecified atom stereocenters. The summed E-state index contributed by atoms with van der Waals surface area (Å²) in [4.78, 5) is 28.7. The number of sulfonamides is 1. The molecule has 32 heavy (non-hydrogen) atoms. The van der Waals surface area contributed by atoms with Crippen molar-refractivity contribution in [3.05, 3.63) is 71.9 Å². The first-order valence-corrected chi connectivity index (χ1v) is 11.4. The lowest BCUT2D eigenvalue weighted by atomic mass is 10.1. The van der Waals surface area contributed by atoms with Gasteiger partial charge in [-0.3, -0.25) is 4.79 Å². The van der Waals surface area contributed by atoms with Crippen LogP contribution in [0.5, 0.6) is 0 Å². The number of carboxylic acid groups (broad SMARTS) is 1. The highest BCUT2D eigenvalue weighted by Crippen LogP contribution is 2.39. The van der Waals surface area contributed by atoms with Crippen molar-refractivity contribution in [1.82, 2.24) is 9.71 Å². The molecule has 0 bridgehead atoms. The van der Waals surface area contributed by atoms with Crippen LogP contribution in [0.2, 0.25) is 0 Å². The van der Waals surface area contributed by atoms with E-state index < -0.39 is 22.0 Å². The monoisotopic (exact) mass is 448 g/mol. The third kappa shape index (κ3) is 3.05. The number of hydrogen-bond donors (Lipinski definition) is 2. The first kappa shape index (κ1) is 20.2. The number of aromatic amines is 1. The highest BCUT2D eigenvalue weighted by molar-refractivity contribution is 7.89. The van der Waals surface area contributed by atoms with E-state index in [0.29, 0.717) is 27.6 Å². The van der Waals surface area contributed by atoms with Crippen molar-refractivity contribution in [2.24, 2.45) is 0 Å². The highest BCUT2D eigenvalue weighted by atomic mass is 32.2. The predicted molar refractivity (Wildman–Crippen MR) is 118 cm³/mol. The molecule has 0 radical (unpaired) electrons. The Morgan fingerprint density at radius 3 is 2.62 bits per heavy atom. The fraction of sp³-hybridized carbons (Fsp3) is 0.130. The molecule has 0 saturated carbocycles. The standard InChI is InChI=1S/C23H19N3O5S/c1-26-19-9-10-20(15-6-4-7-16(21(15)19)22(26)27)32(30,31)25-18(23(28)29)11-13-12-24-17-8-3-2-5-14(13)17/h2-10,12,18,24-25H,11H2,1H3,(H,28,29)/p-1/t18-/m0/s1. The van der Waals surface area contributed by atoms with Gasteiger partial charge in [-0.1, -0.05) is 30.3 Å². The zero-order valence-corrected chi connectivity index (χ0v) is 17.8. The van der Waals surface area contributed by atoms with Gasteiger partial charge in [-0.05, 0) is 36.2 Å². The number of hydrogen-bond acceptors (Lipinski definition) is 5. The lowest BCUT2D eigenvalue weighted by Crippen LogP contribution is -2.49. The molecule has 3 aromatic carbocycles. The van der Waals surface area contributed by atoms with E-state index in [0.717, 1.165) is 10.9 Å². The van der Waals surface area contributed by atoms with E-state index in [4.69, 9.17) is 0 Å². The summed E-state index contributed by atoms with van der Waals surface area (Å²) in [5.41, 5.74) is 2.50. The second-order valence-electron chi connectivity index (χ2n) is 7.73. The van der Waals surface area contributed by atoms with E-state index in [2.05, 4.69) is 9.71 Å². The van der Waals surface area contributed by atoms with Crippen molar-refractivity contribution in [1.29, 1.82) is 0 Å². The van der Waals surface area contributed by atoms with Crippen LogP contribution in [0.1, 0.15) is 15.9 Å². The number of rotatable bonds is 6. The summed E-state index contributed by atoms with van der Waals surface area (Å²) in [5.74, 6) is -1.75. The van der Waals surface area contributed by atoms with Crippen LogP contribution in [-0.2, 0) is 21.2 Å². The number of para-hydroxylation sites is 1. The summed E-state index contributed by atoms with van der Waals surface area (Å²) in [5, 5.41) is 13.5. The number of aliphatic carboxylic acids is 1. The van der Waals surface area contributed by atoms with E-state index in [1.54, 1.807) is 37.5 Å². The van der Waals surface area contributed by atoms with Gasteiger partial charge >= 0.3 is 0 Å². The maximum absolute atomic E-state index is 13.3. The largest absolute Gasteiger partial charge is 0.548 e. The first-order valence-electron chi connectivity index (χ1n) is 9.90. The van der Waals surface area contributed by atoms with Crippen LogP contribution in [0.15, 0.2) is 65.7 Å². The summed E-state index contributed by atoms with van der Waals surface area (Å²) < 4.78 is 28.8. The minimum Gasteiger partial charge on any atom is -0.548 e. The maximum atomic E-state index is 13.3. The number of anilines is 1. The van der Waals surface area contributed by atoms with E-state index >= 15 is 0 Å². The quantitative estimate of drug-likeness (QED) is 0.463. The second kappa shape index (κ2) is 7.18. The molecule has 9 heteroatoms. The van der Waals surface area contributed by atoms with Crippen LogP contribution in [0, 0.1) is 0 Å². The number of benzene rings is 3. The number of aromatic nitrogens is 1. The summed E-state index contributed by atoms with van der Waals surface area (Å²) in [6.45, 7) is 0. The Balaban J connectivity index is 1.54. The number of amides is 1. The number of carbonyl (C=O) groups excluding carboxylic acids is 2. The number of carbonyl (C=O) groups is 2. The summed E-state index contributed by atoms with van der Waals surface area (Å²) in [7, 11) is -2.62. The van der Waals surface area contributed by atoms with E-state index in [1.807, 2.05) is 24.3 Å². The zero-order chi connectivity index (χ0) is 22.6. The van der Waals surface area contributed by atoms with Crippen molar-refractivity contribution in [3.8, 4) is 0 Å². The molecule has 1 aliphatic heterocycles. The first-order chi connectivity index (χ1) is 15.3. The Labute approximate surface area is 183 Å². The number of carboxylic acids is 1. The van der Waals surface area contributed by atoms with Crippen LogP contribution in [0.3, 0.4) is 0 Å². The molecular weight excluding hydrogens is 430 g/mol. The molecule has 2 N–H and O–H groups in total. The molecule has 5 rings (SSSR count). The number of fused-ring (bicyclic) bond motifs is 1. The lowest BCUT2D eigenvalue weighted by molar-refractivity contribution is -0.307. The molecule has 0 aliphatic carbocycles. The third-order valence-electron chi connectivity index (χ3n) is 5.85. The van der Waals surface area contributed by atoms with Crippen molar-refractivity contribution in [2.45, 2.75) is 17.4 Å². The number of nitrogens with zero attached hydrogens (tertiary/aromatic N) is 1. The van der Waals surface area contributed by atoms with Crippen molar-refractivity contribution in [3.63, 3.8) is 0 Å². The summed E-state index contributed by atoms with van der Waals surface area (Å²) >= 11 is 0. The van der Waals surface area contributed by atoms with Gasteiger partial charge in [-0.2, -0.15) is 0 Å². The van der Waals surface area contributed by atoms with Gasteiger partial charge in [0, 0.05) is 40.5 Å². The number of H-pyrrole nitrogens is 1. The topological polar surface area (TPSA) is 122 Å². The molecule has 0 saturated heterocycles. The average molecular weight is 448 g/mol. The average Bonchev–Trinajstić information content (AvgIpc) is 3.29. The van der Waals surface area contributed by atoms with Crippen molar-refractivity contribution >= 4 is 49.3 Å². The van der Waals surface area contributed by atoms with Gasteiger partial charge in [0.15, 0.2) is 0 Å². The van der Waals surface area contributed by atoms with E-state index in [1.165, 1.54) is 11.0 Å². The van der Waals surface area contributed by atoms with Gasteiger partial charge in [0.05, 0.1) is 22.6 Å². The summed E-state index contributed by atoms with van der Waals surface area (Å²) in [6.07, 6.45) is 1.57. The molecule has 0 fully saturated rings. The minimum absolute atomic E-state index is 0.0892. The van der Waals surface area contributed by atoms with Gasteiger partial charge in [-0.25, -0.2) is 13.1 Å². The van der Waals surface area contributed by atoms with Gasteiger partial charge in [0.1, 0.15) is 0 Å². The van der Waals surface area contributed by atoms with Crippen molar-refractivity contribution in [2.75, 3.05) is 11.9 Å².